The van der Waals surface area contributed by atoms with E-state index in [4.69, 9.17) is 9.94 Å². The number of aliphatic imine (C=N–C) groups is 1. The summed E-state index contributed by atoms with van der Waals surface area (Å²) in [5.41, 5.74) is 2.63. The first-order chi connectivity index (χ1) is 14.0. The summed E-state index contributed by atoms with van der Waals surface area (Å²) in [6.45, 7) is 2.67. The molecule has 29 heavy (non-hydrogen) atoms. The van der Waals surface area contributed by atoms with E-state index in [0.29, 0.717) is 38.3 Å². The minimum absolute atomic E-state index is 0.0553. The van der Waals surface area contributed by atoms with Crippen LogP contribution in [0.5, 0.6) is 0 Å². The van der Waals surface area contributed by atoms with Crippen molar-refractivity contribution in [3.8, 4) is 0 Å². The molecule has 154 valence electrons. The van der Waals surface area contributed by atoms with Crippen molar-refractivity contribution in [2.75, 3.05) is 46.4 Å². The van der Waals surface area contributed by atoms with Crippen molar-refractivity contribution >= 4 is 23.5 Å². The van der Waals surface area contributed by atoms with Crippen LogP contribution in [-0.2, 0) is 14.4 Å². The lowest BCUT2D eigenvalue weighted by molar-refractivity contribution is -0.142. The van der Waals surface area contributed by atoms with Crippen molar-refractivity contribution in [3.05, 3.63) is 47.7 Å². The fourth-order valence-corrected chi connectivity index (χ4v) is 3.01. The number of nitrogens with one attached hydrogen (secondary N) is 1. The maximum Gasteiger partial charge on any atom is 0.376 e. The number of nitrogens with zero attached hydrogens (tertiary/aromatic N) is 4. The fourth-order valence-electron chi connectivity index (χ4n) is 3.01. The molecule has 0 bridgehead atoms. The molecule has 0 spiro atoms. The van der Waals surface area contributed by atoms with Crippen LogP contribution in [0.4, 0.5) is 0 Å². The van der Waals surface area contributed by atoms with Gasteiger partial charge in [-0.15, -0.1) is 0 Å². The van der Waals surface area contributed by atoms with Crippen LogP contribution in [0.25, 0.3) is 0 Å². The predicted molar refractivity (Wildman–Crippen MR) is 103 cm³/mol. The Balaban J connectivity index is 1.86. The minimum Gasteiger partial charge on any atom is -0.395 e. The van der Waals surface area contributed by atoms with Crippen molar-refractivity contribution in [2.45, 2.75) is 0 Å². The molecule has 2 amide bonds. The molecule has 10 heteroatoms. The van der Waals surface area contributed by atoms with E-state index in [9.17, 15) is 14.4 Å². The van der Waals surface area contributed by atoms with E-state index in [1.54, 1.807) is 42.3 Å². The number of β-amino-alcohol motifs (C(OH)–C–C–N with tert-alkyl or cyclic N) is 1. The molecule has 0 aromatic heterocycles. The van der Waals surface area contributed by atoms with Crippen LogP contribution in [-0.4, -0.2) is 89.8 Å². The van der Waals surface area contributed by atoms with Gasteiger partial charge in [-0.05, 0) is 12.1 Å². The Hall–Kier alpha value is -3.08. The van der Waals surface area contributed by atoms with E-state index in [1.165, 1.54) is 11.1 Å². The number of carbonyl (C=O) groups excluding carboxylic acids is 3. The Labute approximate surface area is 168 Å². The third-order valence-corrected chi connectivity index (χ3v) is 4.66. The highest BCUT2D eigenvalue weighted by molar-refractivity contribution is 6.45. The second-order valence-electron chi connectivity index (χ2n) is 6.60. The average molecular weight is 401 g/mol. The molecule has 1 aromatic carbocycles. The highest BCUT2D eigenvalue weighted by Crippen LogP contribution is 2.12. The number of likely N-dealkylation sites (N-methyl/N-ethyl adjacent to an activating group) is 1. The predicted octanol–water partition coefficient (Wildman–Crippen LogP) is -0.804. The zero-order valence-corrected chi connectivity index (χ0v) is 16.1. The van der Waals surface area contributed by atoms with Crippen molar-refractivity contribution in [2.24, 2.45) is 4.99 Å². The molecule has 2 N–H and O–H groups in total. The van der Waals surface area contributed by atoms with E-state index < -0.39 is 17.8 Å². The van der Waals surface area contributed by atoms with Gasteiger partial charge in [0.15, 0.2) is 0 Å². The van der Waals surface area contributed by atoms with Gasteiger partial charge in [-0.2, -0.15) is 0 Å². The molecule has 3 rings (SSSR count). The lowest BCUT2D eigenvalue weighted by Gasteiger charge is -2.34. The Kier molecular flexibility index (Phi) is 6.70. The number of hydrogen-bond acceptors (Lipinski definition) is 8. The second kappa shape index (κ2) is 9.41. The normalized spacial score (nSPS) is 19.6. The van der Waals surface area contributed by atoms with E-state index in [0.717, 1.165) is 0 Å². The Morgan fingerprint density at radius 2 is 1.90 bits per heavy atom. The molecular formula is C19H23N5O5. The van der Waals surface area contributed by atoms with E-state index in [2.05, 4.69) is 10.6 Å². The first kappa shape index (κ1) is 20.6. The van der Waals surface area contributed by atoms with Crippen LogP contribution in [0.15, 0.2) is 47.1 Å². The van der Waals surface area contributed by atoms with Gasteiger partial charge in [0.25, 0.3) is 11.8 Å². The average Bonchev–Trinajstić information content (AvgIpc) is 3.06. The molecule has 2 saturated heterocycles. The molecule has 2 aliphatic rings. The van der Waals surface area contributed by atoms with Crippen LogP contribution in [0.2, 0.25) is 0 Å². The summed E-state index contributed by atoms with van der Waals surface area (Å²) in [6, 6.07) is 8.39. The van der Waals surface area contributed by atoms with Crippen LogP contribution in [0.3, 0.4) is 0 Å². The Bertz CT molecular complexity index is 831. The van der Waals surface area contributed by atoms with Gasteiger partial charge < -0.3 is 14.8 Å². The molecule has 2 fully saturated rings. The number of aliphatic hydroxyl groups is 1. The van der Waals surface area contributed by atoms with Crippen LogP contribution >= 0.6 is 0 Å². The third-order valence-electron chi connectivity index (χ3n) is 4.66. The number of benzene rings is 1. The lowest BCUT2D eigenvalue weighted by atomic mass is 10.2. The van der Waals surface area contributed by atoms with E-state index >= 15 is 0 Å². The van der Waals surface area contributed by atoms with Crippen LogP contribution in [0, 0.1) is 0 Å². The van der Waals surface area contributed by atoms with Crippen molar-refractivity contribution in [1.82, 2.24) is 20.4 Å². The zero-order chi connectivity index (χ0) is 20.8. The Morgan fingerprint density at radius 3 is 2.48 bits per heavy atom. The monoisotopic (exact) mass is 401 g/mol. The maximum absolute atomic E-state index is 13.1. The molecule has 0 saturated carbocycles. The molecule has 0 atom stereocenters. The topological polar surface area (TPSA) is 115 Å². The molecule has 10 nitrogen and oxygen atoms in total. The Morgan fingerprint density at radius 1 is 1.21 bits per heavy atom. The summed E-state index contributed by atoms with van der Waals surface area (Å²) in [5, 5.41) is 10.4. The smallest absolute Gasteiger partial charge is 0.376 e. The number of carbonyl (C=O) groups is 3. The summed E-state index contributed by atoms with van der Waals surface area (Å²) < 4.78 is 0. The lowest BCUT2D eigenvalue weighted by Crippen LogP contribution is -2.51. The standard InChI is InChI=1S/C19H23N5O5/c1-22-16(19(28)29-21-22)13-15(20-17(26)14-5-3-2-4-6-14)18(27)24-9-7-23(8-10-24)11-12-25/h2-6,13,21,25H,7-12H2,1H3/b16-13+,20-15?. The van der Waals surface area contributed by atoms with Gasteiger partial charge in [0, 0.05) is 51.4 Å². The van der Waals surface area contributed by atoms with Gasteiger partial charge in [-0.3, -0.25) is 19.5 Å². The molecule has 1 aromatic rings. The maximum atomic E-state index is 13.1. The largest absolute Gasteiger partial charge is 0.395 e. The summed E-state index contributed by atoms with van der Waals surface area (Å²) in [6.07, 6.45) is 1.26. The molecule has 2 heterocycles. The van der Waals surface area contributed by atoms with Crippen LogP contribution in [0.1, 0.15) is 10.4 Å². The first-order valence-electron chi connectivity index (χ1n) is 9.22. The van der Waals surface area contributed by atoms with Gasteiger partial charge in [0.2, 0.25) is 0 Å². The summed E-state index contributed by atoms with van der Waals surface area (Å²) in [5.74, 6) is -1.70. The molecule has 0 unspecified atom stereocenters. The van der Waals surface area contributed by atoms with Gasteiger partial charge >= 0.3 is 5.97 Å². The van der Waals surface area contributed by atoms with Gasteiger partial charge in [-0.1, -0.05) is 23.8 Å². The van der Waals surface area contributed by atoms with E-state index in [-0.39, 0.29) is 18.0 Å². The molecule has 2 aliphatic heterocycles. The minimum atomic E-state index is -0.673. The number of piperazine rings is 1. The van der Waals surface area contributed by atoms with Gasteiger partial charge in [0.05, 0.1) is 6.61 Å². The quantitative estimate of drug-likeness (QED) is 0.487. The second-order valence-corrected chi connectivity index (χ2v) is 6.60. The van der Waals surface area contributed by atoms with Gasteiger partial charge in [-0.25, -0.2) is 9.79 Å². The van der Waals surface area contributed by atoms with Crippen molar-refractivity contribution < 1.29 is 24.3 Å². The molecule has 0 aliphatic carbocycles. The summed E-state index contributed by atoms with van der Waals surface area (Å²) >= 11 is 0. The highest BCUT2D eigenvalue weighted by atomic mass is 16.7. The number of aliphatic hydroxyl groups excluding tert-OH is 1. The fraction of sp³-hybridized carbons (Fsp3) is 0.368. The van der Waals surface area contributed by atoms with Crippen LogP contribution < -0.4 is 5.59 Å². The summed E-state index contributed by atoms with van der Waals surface area (Å²) in [7, 11) is 1.55. The molecular weight excluding hydrogens is 378 g/mol. The van der Waals surface area contributed by atoms with Crippen molar-refractivity contribution in [3.63, 3.8) is 0 Å². The van der Waals surface area contributed by atoms with Crippen molar-refractivity contribution in [1.29, 1.82) is 0 Å². The first-order valence-corrected chi connectivity index (χ1v) is 9.22. The molecule has 0 radical (unpaired) electrons. The third kappa shape index (κ3) is 5.05. The zero-order valence-electron chi connectivity index (χ0n) is 16.1. The number of hydrogen-bond donors (Lipinski definition) is 2. The van der Waals surface area contributed by atoms with E-state index in [1.807, 2.05) is 4.90 Å². The number of hydrazine groups is 1. The van der Waals surface area contributed by atoms with Gasteiger partial charge in [0.1, 0.15) is 11.4 Å². The summed E-state index contributed by atoms with van der Waals surface area (Å²) in [4.78, 5) is 49.9. The number of amides is 2. The SMILES string of the molecule is CN1NOC(=O)/C1=C\C(=NC(=O)c1ccccc1)C(=O)N1CCN(CCO)CC1. The highest BCUT2D eigenvalue weighted by Gasteiger charge is 2.29. The number of rotatable bonds is 5.